The van der Waals surface area contributed by atoms with Crippen molar-refractivity contribution in [3.8, 4) is 17.2 Å². The summed E-state index contributed by atoms with van der Waals surface area (Å²) in [7, 11) is 3.14. The number of para-hydroxylation sites is 1. The summed E-state index contributed by atoms with van der Waals surface area (Å²) in [5, 5.41) is 3.96. The van der Waals surface area contributed by atoms with Gasteiger partial charge < -0.3 is 14.2 Å². The van der Waals surface area contributed by atoms with Gasteiger partial charge in [-0.3, -0.25) is 4.79 Å². The molecule has 0 saturated carbocycles. The van der Waals surface area contributed by atoms with E-state index in [4.69, 9.17) is 14.2 Å². The molecule has 27 heavy (non-hydrogen) atoms. The first-order valence-electron chi connectivity index (χ1n) is 8.61. The first-order valence-corrected chi connectivity index (χ1v) is 8.61. The van der Waals surface area contributed by atoms with Crippen LogP contribution in [0.2, 0.25) is 0 Å². The molecule has 0 unspecified atom stereocenters. The molecule has 0 aliphatic heterocycles. The maximum Gasteiger partial charge on any atom is 0.277 e. The van der Waals surface area contributed by atoms with Crippen LogP contribution in [0, 0.1) is 0 Å². The molecule has 144 valence electrons. The van der Waals surface area contributed by atoms with E-state index < -0.39 is 0 Å². The lowest BCUT2D eigenvalue weighted by atomic mass is 9.86. The Morgan fingerprint density at radius 1 is 1.07 bits per heavy atom. The second-order valence-electron chi connectivity index (χ2n) is 6.94. The number of methoxy groups -OCH3 is 2. The average Bonchev–Trinajstić information content (AvgIpc) is 2.66. The number of amides is 1. The molecule has 0 atom stereocenters. The van der Waals surface area contributed by atoms with Crippen molar-refractivity contribution in [3.05, 3.63) is 53.6 Å². The third-order valence-electron chi connectivity index (χ3n) is 3.89. The van der Waals surface area contributed by atoms with Gasteiger partial charge in [0, 0.05) is 11.6 Å². The number of rotatable bonds is 7. The zero-order chi connectivity index (χ0) is 19.9. The van der Waals surface area contributed by atoms with Gasteiger partial charge in [0.2, 0.25) is 0 Å². The van der Waals surface area contributed by atoms with Crippen LogP contribution in [0.3, 0.4) is 0 Å². The predicted octanol–water partition coefficient (Wildman–Crippen LogP) is 3.53. The highest BCUT2D eigenvalue weighted by Gasteiger charge is 2.18. The van der Waals surface area contributed by atoms with Gasteiger partial charge in [-0.1, -0.05) is 39.0 Å². The largest absolute Gasteiger partial charge is 0.497 e. The van der Waals surface area contributed by atoms with Crippen molar-refractivity contribution in [2.45, 2.75) is 26.2 Å². The van der Waals surface area contributed by atoms with Crippen LogP contribution >= 0.6 is 0 Å². The molecule has 0 saturated heterocycles. The maximum absolute atomic E-state index is 12.0. The lowest BCUT2D eigenvalue weighted by Crippen LogP contribution is -2.25. The highest BCUT2D eigenvalue weighted by atomic mass is 16.5. The zero-order valence-electron chi connectivity index (χ0n) is 16.4. The highest BCUT2D eigenvalue weighted by molar-refractivity contribution is 5.85. The smallest absolute Gasteiger partial charge is 0.277 e. The van der Waals surface area contributed by atoms with Crippen molar-refractivity contribution in [2.75, 3.05) is 20.8 Å². The van der Waals surface area contributed by atoms with Crippen LogP contribution in [0.4, 0.5) is 0 Å². The van der Waals surface area contributed by atoms with Gasteiger partial charge in [0.05, 0.1) is 20.4 Å². The Balaban J connectivity index is 1.95. The van der Waals surface area contributed by atoms with E-state index in [1.54, 1.807) is 32.4 Å². The van der Waals surface area contributed by atoms with E-state index in [0.29, 0.717) is 17.2 Å². The maximum atomic E-state index is 12.0. The summed E-state index contributed by atoms with van der Waals surface area (Å²) in [4.78, 5) is 12.0. The number of nitrogens with zero attached hydrogens (tertiary/aromatic N) is 1. The number of hydrogen-bond donors (Lipinski definition) is 1. The van der Waals surface area contributed by atoms with Crippen molar-refractivity contribution < 1.29 is 19.0 Å². The van der Waals surface area contributed by atoms with Crippen LogP contribution in [0.25, 0.3) is 0 Å². The number of hydrogen-bond acceptors (Lipinski definition) is 5. The Bertz CT molecular complexity index is 810. The van der Waals surface area contributed by atoms with Crippen molar-refractivity contribution in [3.63, 3.8) is 0 Å². The molecule has 0 aliphatic rings. The van der Waals surface area contributed by atoms with Gasteiger partial charge in [0.15, 0.2) is 6.61 Å². The molecule has 0 radical (unpaired) electrons. The van der Waals surface area contributed by atoms with Crippen molar-refractivity contribution in [1.82, 2.24) is 5.43 Å². The van der Waals surface area contributed by atoms with Gasteiger partial charge in [-0.25, -0.2) is 5.43 Å². The van der Waals surface area contributed by atoms with E-state index in [1.807, 2.05) is 24.3 Å². The standard InChI is InChI=1S/C21H26N2O4/c1-21(2,3)17-8-6-7-9-18(17)27-14-20(24)23-22-13-15-10-11-16(25-4)12-19(15)26-5/h6-13H,14H2,1-5H3,(H,23,24)/b22-13+. The first-order chi connectivity index (χ1) is 12.8. The fraction of sp³-hybridized carbons (Fsp3) is 0.333. The second kappa shape index (κ2) is 9.07. The SMILES string of the molecule is COc1ccc(/C=N/NC(=O)COc2ccccc2C(C)(C)C)c(OC)c1. The van der Waals surface area contributed by atoms with Crippen LogP contribution in [0.15, 0.2) is 47.6 Å². The summed E-state index contributed by atoms with van der Waals surface area (Å²) in [6, 6.07) is 13.0. The van der Waals surface area contributed by atoms with E-state index >= 15 is 0 Å². The Kier molecular flexibility index (Phi) is 6.82. The summed E-state index contributed by atoms with van der Waals surface area (Å²) < 4.78 is 16.1. The minimum absolute atomic E-state index is 0.0733. The molecule has 2 rings (SSSR count). The molecule has 0 heterocycles. The number of nitrogens with one attached hydrogen (secondary N) is 1. The summed E-state index contributed by atoms with van der Waals surface area (Å²) >= 11 is 0. The zero-order valence-corrected chi connectivity index (χ0v) is 16.4. The molecule has 1 amide bonds. The number of carbonyl (C=O) groups is 1. The van der Waals surface area contributed by atoms with Gasteiger partial charge in [-0.15, -0.1) is 0 Å². The molecule has 6 nitrogen and oxygen atoms in total. The number of hydrazone groups is 1. The molecule has 0 fully saturated rings. The summed E-state index contributed by atoms with van der Waals surface area (Å²) in [6.07, 6.45) is 1.51. The molecular weight excluding hydrogens is 344 g/mol. The molecule has 0 aromatic heterocycles. The minimum atomic E-state index is -0.345. The van der Waals surface area contributed by atoms with Gasteiger partial charge in [0.1, 0.15) is 17.2 Å². The number of carbonyl (C=O) groups excluding carboxylic acids is 1. The van der Waals surface area contributed by atoms with Gasteiger partial charge >= 0.3 is 0 Å². The van der Waals surface area contributed by atoms with Crippen molar-refractivity contribution in [2.24, 2.45) is 5.10 Å². The summed E-state index contributed by atoms with van der Waals surface area (Å²) in [6.45, 7) is 6.18. The summed E-state index contributed by atoms with van der Waals surface area (Å²) in [5.74, 6) is 1.63. The lowest BCUT2D eigenvalue weighted by molar-refractivity contribution is -0.123. The quantitative estimate of drug-likeness (QED) is 0.598. The monoisotopic (exact) mass is 370 g/mol. The predicted molar refractivity (Wildman–Crippen MR) is 106 cm³/mol. The average molecular weight is 370 g/mol. The summed E-state index contributed by atoms with van der Waals surface area (Å²) in [5.41, 5.74) is 4.15. The fourth-order valence-electron chi connectivity index (χ4n) is 2.49. The molecule has 2 aromatic rings. The third-order valence-corrected chi connectivity index (χ3v) is 3.89. The molecule has 1 N–H and O–H groups in total. The Morgan fingerprint density at radius 2 is 1.81 bits per heavy atom. The fourth-order valence-corrected chi connectivity index (χ4v) is 2.49. The molecule has 0 spiro atoms. The van der Waals surface area contributed by atoms with E-state index in [9.17, 15) is 4.79 Å². The molecule has 2 aromatic carbocycles. The molecule has 0 bridgehead atoms. The first kappa shape index (κ1) is 20.3. The normalized spacial score (nSPS) is 11.3. The minimum Gasteiger partial charge on any atom is -0.497 e. The van der Waals surface area contributed by atoms with Gasteiger partial charge in [0.25, 0.3) is 5.91 Å². The van der Waals surface area contributed by atoms with Gasteiger partial charge in [-0.2, -0.15) is 5.10 Å². The van der Waals surface area contributed by atoms with Crippen LogP contribution < -0.4 is 19.6 Å². The van der Waals surface area contributed by atoms with Crippen molar-refractivity contribution >= 4 is 12.1 Å². The van der Waals surface area contributed by atoms with Crippen LogP contribution in [0.1, 0.15) is 31.9 Å². The Labute approximate surface area is 160 Å². The Hall–Kier alpha value is -3.02. The van der Waals surface area contributed by atoms with E-state index in [2.05, 4.69) is 31.3 Å². The van der Waals surface area contributed by atoms with E-state index in [0.717, 1.165) is 11.1 Å². The number of ether oxygens (including phenoxy) is 3. The van der Waals surface area contributed by atoms with E-state index in [-0.39, 0.29) is 17.9 Å². The van der Waals surface area contributed by atoms with Crippen LogP contribution in [0.5, 0.6) is 17.2 Å². The molecular formula is C21H26N2O4. The third kappa shape index (κ3) is 5.74. The topological polar surface area (TPSA) is 69.2 Å². The van der Waals surface area contributed by atoms with E-state index in [1.165, 1.54) is 6.21 Å². The van der Waals surface area contributed by atoms with Crippen molar-refractivity contribution in [1.29, 1.82) is 0 Å². The second-order valence-corrected chi connectivity index (χ2v) is 6.94. The highest BCUT2D eigenvalue weighted by Crippen LogP contribution is 2.30. The molecule has 6 heteroatoms. The Morgan fingerprint density at radius 3 is 2.48 bits per heavy atom. The van der Waals surface area contributed by atoms with Crippen LogP contribution in [-0.2, 0) is 10.2 Å². The lowest BCUT2D eigenvalue weighted by Gasteiger charge is -2.22. The number of benzene rings is 2. The molecule has 0 aliphatic carbocycles. The van der Waals surface area contributed by atoms with Gasteiger partial charge in [-0.05, 0) is 29.2 Å². The van der Waals surface area contributed by atoms with Crippen LogP contribution in [-0.4, -0.2) is 32.9 Å².